The second-order valence-corrected chi connectivity index (χ2v) is 7.94. The third-order valence-corrected chi connectivity index (χ3v) is 6.10. The first-order chi connectivity index (χ1) is 14.2. The Morgan fingerprint density at radius 1 is 1.00 bits per heavy atom. The number of thiazole rings is 1. The van der Waals surface area contributed by atoms with Gasteiger partial charge in [0.2, 0.25) is 11.8 Å². The van der Waals surface area contributed by atoms with Crippen molar-refractivity contribution in [2.45, 2.75) is 12.3 Å². The summed E-state index contributed by atoms with van der Waals surface area (Å²) < 4.78 is 1.10. The zero-order valence-electron chi connectivity index (χ0n) is 15.4. The van der Waals surface area contributed by atoms with Crippen LogP contribution < -0.4 is 10.6 Å². The van der Waals surface area contributed by atoms with E-state index in [2.05, 4.69) is 10.6 Å². The summed E-state index contributed by atoms with van der Waals surface area (Å²) in [5, 5.41) is 6.72. The van der Waals surface area contributed by atoms with Crippen LogP contribution in [0.5, 0.6) is 0 Å². The number of nitrogens with zero attached hydrogens (tertiary/aromatic N) is 1. The van der Waals surface area contributed by atoms with Gasteiger partial charge in [0.1, 0.15) is 5.01 Å². The molecule has 0 radical (unpaired) electrons. The molecule has 0 aliphatic carbocycles. The summed E-state index contributed by atoms with van der Waals surface area (Å²) in [5.41, 5.74) is 4.03. The molecule has 29 heavy (non-hydrogen) atoms. The molecule has 1 unspecified atom stereocenters. The highest BCUT2D eigenvalue weighted by Crippen LogP contribution is 2.36. The molecule has 142 valence electrons. The Morgan fingerprint density at radius 2 is 1.76 bits per heavy atom. The maximum Gasteiger partial charge on any atom is 0.232 e. The van der Waals surface area contributed by atoms with Gasteiger partial charge in [-0.25, -0.2) is 4.98 Å². The van der Waals surface area contributed by atoms with Crippen LogP contribution in [0, 0.1) is 0 Å². The maximum atomic E-state index is 13.1. The highest BCUT2D eigenvalue weighted by molar-refractivity contribution is 7.21. The van der Waals surface area contributed by atoms with Gasteiger partial charge in [0, 0.05) is 17.7 Å². The number of amides is 2. The van der Waals surface area contributed by atoms with Crippen LogP contribution in [-0.2, 0) is 9.59 Å². The second kappa shape index (κ2) is 7.14. The second-order valence-electron chi connectivity index (χ2n) is 6.91. The molecule has 1 aromatic heterocycles. The standard InChI is InChI=1S/C23H17N3O2S/c27-21-13-16(14-7-1-3-9-17(14)24-21)22(28)25-18-10-4-2-8-15(18)23-26-19-11-5-6-12-20(19)29-23/h1-12,16H,13H2,(H,24,27)(H,25,28). The lowest BCUT2D eigenvalue weighted by molar-refractivity contribution is -0.123. The number of aromatic nitrogens is 1. The Bertz CT molecular complexity index is 1210. The Morgan fingerprint density at radius 3 is 2.66 bits per heavy atom. The van der Waals surface area contributed by atoms with Crippen molar-refractivity contribution >= 4 is 44.7 Å². The third kappa shape index (κ3) is 3.28. The van der Waals surface area contributed by atoms with Crippen LogP contribution in [0.4, 0.5) is 11.4 Å². The van der Waals surface area contributed by atoms with E-state index in [0.717, 1.165) is 26.4 Å². The molecular formula is C23H17N3O2S. The summed E-state index contributed by atoms with van der Waals surface area (Å²) in [6, 6.07) is 23.0. The maximum absolute atomic E-state index is 13.1. The molecule has 0 fully saturated rings. The molecule has 5 nitrogen and oxygen atoms in total. The molecule has 5 rings (SSSR count). The van der Waals surface area contributed by atoms with Crippen molar-refractivity contribution < 1.29 is 9.59 Å². The summed E-state index contributed by atoms with van der Waals surface area (Å²) in [6.07, 6.45) is 0.131. The lowest BCUT2D eigenvalue weighted by Crippen LogP contribution is -2.30. The third-order valence-electron chi connectivity index (χ3n) is 5.03. The zero-order valence-corrected chi connectivity index (χ0v) is 16.2. The highest BCUT2D eigenvalue weighted by atomic mass is 32.1. The van der Waals surface area contributed by atoms with Gasteiger partial charge in [-0.05, 0) is 35.9 Å². The molecule has 3 aromatic carbocycles. The van der Waals surface area contributed by atoms with Gasteiger partial charge in [-0.15, -0.1) is 11.3 Å². The van der Waals surface area contributed by atoms with Crippen molar-refractivity contribution in [1.82, 2.24) is 4.98 Å². The van der Waals surface area contributed by atoms with Crippen molar-refractivity contribution in [3.05, 3.63) is 78.4 Å². The number of fused-ring (bicyclic) bond motifs is 2. The Kier molecular flexibility index (Phi) is 4.33. The molecule has 6 heteroatoms. The monoisotopic (exact) mass is 399 g/mol. The molecule has 2 N–H and O–H groups in total. The van der Waals surface area contributed by atoms with Crippen LogP contribution in [0.15, 0.2) is 72.8 Å². The fourth-order valence-corrected chi connectivity index (χ4v) is 4.64. The Labute approximate surface area is 171 Å². The van der Waals surface area contributed by atoms with Gasteiger partial charge in [0.15, 0.2) is 0 Å². The Balaban J connectivity index is 1.49. The molecule has 0 saturated heterocycles. The molecular weight excluding hydrogens is 382 g/mol. The molecule has 2 heterocycles. The number of anilines is 2. The quantitative estimate of drug-likeness (QED) is 0.508. The summed E-state index contributed by atoms with van der Waals surface area (Å²) in [5.74, 6) is -0.868. The first-order valence-corrected chi connectivity index (χ1v) is 10.2. The fraction of sp³-hybridized carbons (Fsp3) is 0.0870. The number of para-hydroxylation sites is 3. The van der Waals surface area contributed by atoms with E-state index in [4.69, 9.17) is 4.98 Å². The van der Waals surface area contributed by atoms with Crippen LogP contribution in [0.3, 0.4) is 0 Å². The molecule has 1 atom stereocenters. The molecule has 1 aliphatic heterocycles. The number of carbonyl (C=O) groups excluding carboxylic acids is 2. The molecule has 2 amide bonds. The highest BCUT2D eigenvalue weighted by Gasteiger charge is 2.30. The summed E-state index contributed by atoms with van der Waals surface area (Å²) in [6.45, 7) is 0. The predicted molar refractivity (Wildman–Crippen MR) is 116 cm³/mol. The summed E-state index contributed by atoms with van der Waals surface area (Å²) in [7, 11) is 0. The first kappa shape index (κ1) is 17.6. The average molecular weight is 399 g/mol. The van der Waals surface area contributed by atoms with Gasteiger partial charge in [-0.2, -0.15) is 0 Å². The SMILES string of the molecule is O=C1CC(C(=O)Nc2ccccc2-c2nc3ccccc3s2)c2ccccc2N1. The van der Waals surface area contributed by atoms with Crippen molar-refractivity contribution in [3.63, 3.8) is 0 Å². The van der Waals surface area contributed by atoms with Gasteiger partial charge in [0.05, 0.1) is 21.8 Å². The van der Waals surface area contributed by atoms with E-state index in [9.17, 15) is 9.59 Å². The normalized spacial score (nSPS) is 15.6. The molecule has 0 bridgehead atoms. The van der Waals surface area contributed by atoms with Gasteiger partial charge in [-0.3, -0.25) is 9.59 Å². The minimum Gasteiger partial charge on any atom is -0.326 e. The van der Waals surface area contributed by atoms with E-state index < -0.39 is 5.92 Å². The topological polar surface area (TPSA) is 71.1 Å². The molecule has 0 saturated carbocycles. The number of benzene rings is 3. The zero-order chi connectivity index (χ0) is 19.8. The molecule has 0 spiro atoms. The van der Waals surface area contributed by atoms with Gasteiger partial charge in [0.25, 0.3) is 0 Å². The summed E-state index contributed by atoms with van der Waals surface area (Å²) in [4.78, 5) is 29.9. The van der Waals surface area contributed by atoms with Crippen molar-refractivity contribution in [2.24, 2.45) is 0 Å². The van der Waals surface area contributed by atoms with Crippen molar-refractivity contribution in [2.75, 3.05) is 10.6 Å². The largest absolute Gasteiger partial charge is 0.326 e. The van der Waals surface area contributed by atoms with E-state index in [0.29, 0.717) is 11.4 Å². The van der Waals surface area contributed by atoms with Gasteiger partial charge in [-0.1, -0.05) is 42.5 Å². The Hall–Kier alpha value is -3.51. The van der Waals surface area contributed by atoms with Gasteiger partial charge >= 0.3 is 0 Å². The minimum absolute atomic E-state index is 0.131. The first-order valence-electron chi connectivity index (χ1n) is 9.33. The van der Waals surface area contributed by atoms with E-state index in [-0.39, 0.29) is 18.2 Å². The van der Waals surface area contributed by atoms with E-state index in [1.165, 1.54) is 0 Å². The van der Waals surface area contributed by atoms with Crippen LogP contribution in [0.1, 0.15) is 17.9 Å². The fourth-order valence-electron chi connectivity index (χ4n) is 3.63. The van der Waals surface area contributed by atoms with E-state index in [1.54, 1.807) is 11.3 Å². The van der Waals surface area contributed by atoms with E-state index >= 15 is 0 Å². The van der Waals surface area contributed by atoms with Crippen LogP contribution in [0.25, 0.3) is 20.8 Å². The van der Waals surface area contributed by atoms with Gasteiger partial charge < -0.3 is 10.6 Å². The van der Waals surface area contributed by atoms with Crippen LogP contribution in [0.2, 0.25) is 0 Å². The lowest BCUT2D eigenvalue weighted by atomic mass is 9.89. The number of nitrogens with one attached hydrogen (secondary N) is 2. The minimum atomic E-state index is -0.525. The number of hydrogen-bond acceptors (Lipinski definition) is 4. The molecule has 4 aromatic rings. The lowest BCUT2D eigenvalue weighted by Gasteiger charge is -2.25. The average Bonchev–Trinajstić information content (AvgIpc) is 3.17. The number of hydrogen-bond donors (Lipinski definition) is 2. The summed E-state index contributed by atoms with van der Waals surface area (Å²) >= 11 is 1.59. The number of rotatable bonds is 3. The number of carbonyl (C=O) groups is 2. The van der Waals surface area contributed by atoms with Crippen molar-refractivity contribution in [1.29, 1.82) is 0 Å². The molecule has 1 aliphatic rings. The van der Waals surface area contributed by atoms with Crippen molar-refractivity contribution in [3.8, 4) is 10.6 Å². The van der Waals surface area contributed by atoms with Crippen LogP contribution in [-0.4, -0.2) is 16.8 Å². The predicted octanol–water partition coefficient (Wildman–Crippen LogP) is 5.03. The van der Waals surface area contributed by atoms with E-state index in [1.807, 2.05) is 72.8 Å². The van der Waals surface area contributed by atoms with Crippen LogP contribution >= 0.6 is 11.3 Å². The smallest absolute Gasteiger partial charge is 0.232 e.